The molecule has 128 valence electrons. The SMILES string of the molecule is Cc1cc(Br)ccc1Nc1nccc(NCCCc2ccccc2)n1. The molecule has 25 heavy (non-hydrogen) atoms. The molecule has 0 spiro atoms. The van der Waals surface area contributed by atoms with E-state index in [0.717, 1.165) is 40.9 Å². The fourth-order valence-electron chi connectivity index (χ4n) is 2.56. The lowest BCUT2D eigenvalue weighted by Gasteiger charge is -2.10. The average Bonchev–Trinajstić information content (AvgIpc) is 2.62. The third-order valence-electron chi connectivity index (χ3n) is 3.88. The molecule has 2 N–H and O–H groups in total. The Morgan fingerprint density at radius 2 is 1.88 bits per heavy atom. The second-order valence-electron chi connectivity index (χ2n) is 5.87. The van der Waals surface area contributed by atoms with Crippen LogP contribution in [0.5, 0.6) is 0 Å². The number of nitrogens with one attached hydrogen (secondary N) is 2. The molecule has 0 saturated carbocycles. The van der Waals surface area contributed by atoms with Crippen molar-refractivity contribution < 1.29 is 0 Å². The van der Waals surface area contributed by atoms with Gasteiger partial charge in [-0.1, -0.05) is 46.3 Å². The quantitative estimate of drug-likeness (QED) is 0.529. The van der Waals surface area contributed by atoms with Crippen molar-refractivity contribution >= 4 is 33.4 Å². The molecular weight excluding hydrogens is 376 g/mol. The second-order valence-corrected chi connectivity index (χ2v) is 6.78. The zero-order chi connectivity index (χ0) is 17.5. The minimum absolute atomic E-state index is 0.596. The minimum atomic E-state index is 0.596. The molecule has 0 saturated heterocycles. The van der Waals surface area contributed by atoms with E-state index in [1.807, 2.05) is 24.3 Å². The van der Waals surface area contributed by atoms with E-state index in [1.165, 1.54) is 5.56 Å². The predicted molar refractivity (Wildman–Crippen MR) is 107 cm³/mol. The summed E-state index contributed by atoms with van der Waals surface area (Å²) in [4.78, 5) is 8.83. The molecule has 3 aromatic rings. The van der Waals surface area contributed by atoms with Crippen molar-refractivity contribution in [2.75, 3.05) is 17.2 Å². The summed E-state index contributed by atoms with van der Waals surface area (Å²) in [5.74, 6) is 1.43. The summed E-state index contributed by atoms with van der Waals surface area (Å²) in [6, 6.07) is 18.5. The summed E-state index contributed by atoms with van der Waals surface area (Å²) in [6.07, 6.45) is 3.88. The molecule has 0 aliphatic rings. The fourth-order valence-corrected chi connectivity index (χ4v) is 3.03. The molecule has 4 nitrogen and oxygen atoms in total. The maximum Gasteiger partial charge on any atom is 0.229 e. The molecule has 0 radical (unpaired) electrons. The van der Waals surface area contributed by atoms with E-state index < -0.39 is 0 Å². The fraction of sp³-hybridized carbons (Fsp3) is 0.200. The van der Waals surface area contributed by atoms with Crippen LogP contribution in [0.25, 0.3) is 0 Å². The predicted octanol–water partition coefficient (Wildman–Crippen LogP) is 5.34. The molecule has 0 unspecified atom stereocenters. The zero-order valence-corrected chi connectivity index (χ0v) is 15.8. The zero-order valence-electron chi connectivity index (χ0n) is 14.2. The van der Waals surface area contributed by atoms with Crippen molar-refractivity contribution in [3.05, 3.63) is 76.4 Å². The third kappa shape index (κ3) is 5.29. The largest absolute Gasteiger partial charge is 0.370 e. The molecule has 0 fully saturated rings. The second kappa shape index (κ2) is 8.62. The van der Waals surface area contributed by atoms with Crippen molar-refractivity contribution in [3.63, 3.8) is 0 Å². The van der Waals surface area contributed by atoms with Gasteiger partial charge in [-0.25, -0.2) is 4.98 Å². The molecular formula is C20H21BrN4. The van der Waals surface area contributed by atoms with Gasteiger partial charge in [0.05, 0.1) is 0 Å². The van der Waals surface area contributed by atoms with Gasteiger partial charge in [0, 0.05) is 22.9 Å². The molecule has 2 aromatic carbocycles. The van der Waals surface area contributed by atoms with Crippen LogP contribution in [0, 0.1) is 6.92 Å². The first-order valence-electron chi connectivity index (χ1n) is 8.35. The molecule has 0 amide bonds. The third-order valence-corrected chi connectivity index (χ3v) is 4.37. The Kier molecular flexibility index (Phi) is 6.01. The summed E-state index contributed by atoms with van der Waals surface area (Å²) in [5.41, 5.74) is 3.50. The molecule has 0 atom stereocenters. The van der Waals surface area contributed by atoms with Crippen molar-refractivity contribution in [1.82, 2.24) is 9.97 Å². The Balaban J connectivity index is 1.54. The summed E-state index contributed by atoms with van der Waals surface area (Å²) in [7, 11) is 0. The topological polar surface area (TPSA) is 49.8 Å². The van der Waals surface area contributed by atoms with Gasteiger partial charge in [0.15, 0.2) is 0 Å². The lowest BCUT2D eigenvalue weighted by Crippen LogP contribution is -2.06. The van der Waals surface area contributed by atoms with Gasteiger partial charge in [-0.15, -0.1) is 0 Å². The Morgan fingerprint density at radius 1 is 1.04 bits per heavy atom. The van der Waals surface area contributed by atoms with Gasteiger partial charge in [0.25, 0.3) is 0 Å². The van der Waals surface area contributed by atoms with E-state index in [4.69, 9.17) is 0 Å². The number of benzene rings is 2. The highest BCUT2D eigenvalue weighted by molar-refractivity contribution is 9.10. The highest BCUT2D eigenvalue weighted by atomic mass is 79.9. The van der Waals surface area contributed by atoms with Crippen molar-refractivity contribution in [2.24, 2.45) is 0 Å². The number of hydrogen-bond donors (Lipinski definition) is 2. The first-order valence-corrected chi connectivity index (χ1v) is 9.14. The normalized spacial score (nSPS) is 10.5. The van der Waals surface area contributed by atoms with Crippen LogP contribution < -0.4 is 10.6 Å². The van der Waals surface area contributed by atoms with E-state index in [-0.39, 0.29) is 0 Å². The Labute approximate surface area is 156 Å². The number of aryl methyl sites for hydroxylation is 2. The van der Waals surface area contributed by atoms with E-state index in [1.54, 1.807) is 6.20 Å². The molecule has 3 rings (SSSR count). The summed E-state index contributed by atoms with van der Waals surface area (Å²) in [5, 5.41) is 6.64. The van der Waals surface area contributed by atoms with Crippen molar-refractivity contribution in [3.8, 4) is 0 Å². The molecule has 0 aliphatic heterocycles. The van der Waals surface area contributed by atoms with Crippen LogP contribution in [-0.2, 0) is 6.42 Å². The summed E-state index contributed by atoms with van der Waals surface area (Å²) in [6.45, 7) is 2.93. The van der Waals surface area contributed by atoms with E-state index >= 15 is 0 Å². The monoisotopic (exact) mass is 396 g/mol. The van der Waals surface area contributed by atoms with Crippen LogP contribution in [-0.4, -0.2) is 16.5 Å². The number of rotatable bonds is 7. The molecule has 1 heterocycles. The Morgan fingerprint density at radius 3 is 2.68 bits per heavy atom. The minimum Gasteiger partial charge on any atom is -0.370 e. The highest BCUT2D eigenvalue weighted by Crippen LogP contribution is 2.22. The van der Waals surface area contributed by atoms with Gasteiger partial charge in [-0.3, -0.25) is 0 Å². The van der Waals surface area contributed by atoms with Gasteiger partial charge in [0.1, 0.15) is 5.82 Å². The number of aromatic nitrogens is 2. The van der Waals surface area contributed by atoms with Crippen LogP contribution in [0.1, 0.15) is 17.5 Å². The van der Waals surface area contributed by atoms with Crippen LogP contribution in [0.15, 0.2) is 65.3 Å². The maximum atomic E-state index is 4.53. The summed E-state index contributed by atoms with van der Waals surface area (Å²) < 4.78 is 1.06. The smallest absolute Gasteiger partial charge is 0.229 e. The molecule has 0 bridgehead atoms. The number of anilines is 3. The van der Waals surface area contributed by atoms with E-state index in [9.17, 15) is 0 Å². The van der Waals surface area contributed by atoms with Crippen LogP contribution in [0.3, 0.4) is 0 Å². The van der Waals surface area contributed by atoms with Gasteiger partial charge < -0.3 is 10.6 Å². The first kappa shape index (κ1) is 17.4. The maximum absolute atomic E-state index is 4.53. The van der Waals surface area contributed by atoms with E-state index in [2.05, 4.69) is 73.8 Å². The van der Waals surface area contributed by atoms with Crippen LogP contribution >= 0.6 is 15.9 Å². The van der Waals surface area contributed by atoms with Crippen LogP contribution in [0.4, 0.5) is 17.5 Å². The van der Waals surface area contributed by atoms with Gasteiger partial charge >= 0.3 is 0 Å². The van der Waals surface area contributed by atoms with Gasteiger partial charge in [-0.2, -0.15) is 4.98 Å². The van der Waals surface area contributed by atoms with Crippen molar-refractivity contribution in [2.45, 2.75) is 19.8 Å². The first-order chi connectivity index (χ1) is 12.2. The lowest BCUT2D eigenvalue weighted by atomic mass is 10.1. The van der Waals surface area contributed by atoms with Crippen LogP contribution in [0.2, 0.25) is 0 Å². The van der Waals surface area contributed by atoms with Gasteiger partial charge in [0.2, 0.25) is 5.95 Å². The molecule has 1 aromatic heterocycles. The number of nitrogens with zero attached hydrogens (tertiary/aromatic N) is 2. The van der Waals surface area contributed by atoms with E-state index in [0.29, 0.717) is 5.95 Å². The average molecular weight is 397 g/mol. The van der Waals surface area contributed by atoms with Crippen molar-refractivity contribution in [1.29, 1.82) is 0 Å². The summed E-state index contributed by atoms with van der Waals surface area (Å²) >= 11 is 3.48. The molecule has 0 aliphatic carbocycles. The Hall–Kier alpha value is -2.40. The standard InChI is InChI=1S/C20H21BrN4/c1-15-14-17(21)9-10-18(15)24-20-23-13-11-19(25-20)22-12-5-8-16-6-3-2-4-7-16/h2-4,6-7,9-11,13-14H,5,8,12H2,1H3,(H2,22,23,24,25). The molecule has 5 heteroatoms. The highest BCUT2D eigenvalue weighted by Gasteiger charge is 2.03. The number of halogens is 1. The lowest BCUT2D eigenvalue weighted by molar-refractivity contribution is 0.858. The number of hydrogen-bond acceptors (Lipinski definition) is 4. The Bertz CT molecular complexity index is 821. The van der Waals surface area contributed by atoms with Gasteiger partial charge in [-0.05, 0) is 55.2 Å².